The van der Waals surface area contributed by atoms with E-state index in [1.165, 1.54) is 0 Å². The summed E-state index contributed by atoms with van der Waals surface area (Å²) < 4.78 is 12.3. The molecule has 76 valence electrons. The zero-order chi connectivity index (χ0) is 10.8. The van der Waals surface area contributed by atoms with Gasteiger partial charge < -0.3 is 0 Å². The third-order valence-electron chi connectivity index (χ3n) is 2.00. The number of rotatable bonds is 2. The van der Waals surface area contributed by atoms with E-state index >= 15 is 0 Å². The van der Waals surface area contributed by atoms with Crippen LogP contribution < -0.4 is 5.01 Å². The zero-order valence-electron chi connectivity index (χ0n) is 7.68. The van der Waals surface area contributed by atoms with E-state index < -0.39 is 11.9 Å². The molecule has 0 radical (unpaired) electrons. The maximum absolute atomic E-state index is 12.3. The van der Waals surface area contributed by atoms with Crippen LogP contribution in [0.4, 0.5) is 10.1 Å². The van der Waals surface area contributed by atoms with Gasteiger partial charge in [-0.25, -0.2) is 0 Å². The van der Waals surface area contributed by atoms with Gasteiger partial charge in [0.15, 0.2) is 0 Å². The van der Waals surface area contributed by atoms with E-state index in [-0.39, 0.29) is 12.1 Å². The standard InChI is InChI=1S/C10H7FN2O2/c11-10(15)8-6-9(14)13(12-8)7-4-2-1-3-5-7/h1-5H,6H2. The summed E-state index contributed by atoms with van der Waals surface area (Å²) in [5.41, 5.74) is 0.183. The smallest absolute Gasteiger partial charge is 0.272 e. The molecule has 0 fully saturated rings. The first-order chi connectivity index (χ1) is 7.18. The predicted octanol–water partition coefficient (Wildman–Crippen LogP) is 1.28. The molecule has 1 amide bonds. The average Bonchev–Trinajstić information content (AvgIpc) is 2.62. The van der Waals surface area contributed by atoms with Crippen molar-refractivity contribution in [1.82, 2.24) is 0 Å². The van der Waals surface area contributed by atoms with Crippen LogP contribution in [-0.2, 0) is 9.59 Å². The van der Waals surface area contributed by atoms with Gasteiger partial charge in [0, 0.05) is 0 Å². The molecule has 0 atom stereocenters. The van der Waals surface area contributed by atoms with Gasteiger partial charge in [-0.3, -0.25) is 9.59 Å². The maximum Gasteiger partial charge on any atom is 0.348 e. The predicted molar refractivity (Wildman–Crippen MR) is 52.1 cm³/mol. The van der Waals surface area contributed by atoms with Crippen molar-refractivity contribution in [3.8, 4) is 0 Å². The second-order valence-electron chi connectivity index (χ2n) is 3.04. The van der Waals surface area contributed by atoms with Gasteiger partial charge in [-0.15, -0.1) is 0 Å². The highest BCUT2D eigenvalue weighted by Crippen LogP contribution is 2.19. The lowest BCUT2D eigenvalue weighted by Crippen LogP contribution is -2.19. The van der Waals surface area contributed by atoms with Crippen LogP contribution in [0, 0.1) is 0 Å². The number of amides is 1. The van der Waals surface area contributed by atoms with Crippen molar-refractivity contribution in [1.29, 1.82) is 0 Å². The average molecular weight is 206 g/mol. The number of benzene rings is 1. The first kappa shape index (κ1) is 9.51. The SMILES string of the molecule is O=C(F)C1=NN(c2ccccc2)C(=O)C1. The second kappa shape index (κ2) is 3.61. The van der Waals surface area contributed by atoms with Gasteiger partial charge in [-0.1, -0.05) is 18.2 Å². The lowest BCUT2D eigenvalue weighted by atomic mass is 10.2. The summed E-state index contributed by atoms with van der Waals surface area (Å²) in [5, 5.41) is 4.65. The number of nitrogens with zero attached hydrogens (tertiary/aromatic N) is 2. The van der Waals surface area contributed by atoms with Gasteiger partial charge in [0.2, 0.25) is 0 Å². The quantitative estimate of drug-likeness (QED) is 0.684. The molecule has 1 aliphatic heterocycles. The highest BCUT2D eigenvalue weighted by molar-refractivity contribution is 6.42. The van der Waals surface area contributed by atoms with Crippen LogP contribution in [0.1, 0.15) is 6.42 Å². The summed E-state index contributed by atoms with van der Waals surface area (Å²) >= 11 is 0. The summed E-state index contributed by atoms with van der Waals surface area (Å²) in [6.07, 6.45) is -0.274. The number of hydrogen-bond donors (Lipinski definition) is 0. The highest BCUT2D eigenvalue weighted by Gasteiger charge is 2.29. The van der Waals surface area contributed by atoms with E-state index in [1.807, 2.05) is 0 Å². The summed E-state index contributed by atoms with van der Waals surface area (Å²) in [6, 6.07) is 6.91. The number of carbonyl (C=O) groups is 2. The Bertz CT molecular complexity index is 442. The molecule has 1 aliphatic rings. The Morgan fingerprint density at radius 2 is 2.00 bits per heavy atom. The first-order valence-electron chi connectivity index (χ1n) is 4.34. The van der Waals surface area contributed by atoms with Crippen molar-refractivity contribution in [3.05, 3.63) is 30.3 Å². The van der Waals surface area contributed by atoms with Crippen molar-refractivity contribution < 1.29 is 14.0 Å². The zero-order valence-corrected chi connectivity index (χ0v) is 7.68. The van der Waals surface area contributed by atoms with Crippen LogP contribution >= 0.6 is 0 Å². The topological polar surface area (TPSA) is 49.7 Å². The van der Waals surface area contributed by atoms with E-state index in [2.05, 4.69) is 5.10 Å². The molecule has 2 rings (SSSR count). The van der Waals surface area contributed by atoms with Gasteiger partial charge in [0.1, 0.15) is 5.71 Å². The van der Waals surface area contributed by atoms with Crippen molar-refractivity contribution in [2.45, 2.75) is 6.42 Å². The molecule has 1 aromatic carbocycles. The van der Waals surface area contributed by atoms with Gasteiger partial charge in [-0.05, 0) is 12.1 Å². The van der Waals surface area contributed by atoms with Crippen LogP contribution in [0.25, 0.3) is 0 Å². The number of anilines is 1. The Labute approximate surface area is 85.0 Å². The fourth-order valence-electron chi connectivity index (χ4n) is 1.31. The summed E-state index contributed by atoms with van der Waals surface area (Å²) in [6.45, 7) is 0. The van der Waals surface area contributed by atoms with E-state index in [1.54, 1.807) is 30.3 Å². The molecule has 0 aliphatic carbocycles. The van der Waals surface area contributed by atoms with Gasteiger partial charge in [0.05, 0.1) is 12.1 Å². The largest absolute Gasteiger partial charge is 0.348 e. The molecule has 0 aromatic heterocycles. The lowest BCUT2D eigenvalue weighted by Gasteiger charge is -2.10. The summed E-state index contributed by atoms with van der Waals surface area (Å²) in [5.74, 6) is -0.401. The molecule has 5 heteroatoms. The molecule has 0 saturated heterocycles. The fraction of sp³-hybridized carbons (Fsp3) is 0.100. The Morgan fingerprint density at radius 1 is 1.33 bits per heavy atom. The Morgan fingerprint density at radius 3 is 2.53 bits per heavy atom. The van der Waals surface area contributed by atoms with E-state index in [0.717, 1.165) is 5.01 Å². The fourth-order valence-corrected chi connectivity index (χ4v) is 1.31. The minimum Gasteiger partial charge on any atom is -0.272 e. The summed E-state index contributed by atoms with van der Waals surface area (Å²) in [7, 11) is 0. The van der Waals surface area contributed by atoms with Gasteiger partial charge in [-0.2, -0.15) is 14.5 Å². The lowest BCUT2D eigenvalue weighted by molar-refractivity contribution is -0.123. The number of halogens is 1. The van der Waals surface area contributed by atoms with E-state index in [4.69, 9.17) is 0 Å². The molecule has 15 heavy (non-hydrogen) atoms. The van der Waals surface area contributed by atoms with Gasteiger partial charge >= 0.3 is 6.04 Å². The third kappa shape index (κ3) is 1.76. The van der Waals surface area contributed by atoms with Crippen LogP contribution in [0.15, 0.2) is 35.4 Å². The number of para-hydroxylation sites is 1. The molecule has 0 N–H and O–H groups in total. The molecule has 0 unspecified atom stereocenters. The molecule has 1 aromatic rings. The normalized spacial score (nSPS) is 15.4. The van der Waals surface area contributed by atoms with E-state index in [9.17, 15) is 14.0 Å². The molecular weight excluding hydrogens is 199 g/mol. The van der Waals surface area contributed by atoms with E-state index in [0.29, 0.717) is 5.69 Å². The first-order valence-corrected chi connectivity index (χ1v) is 4.34. The monoisotopic (exact) mass is 206 g/mol. The maximum atomic E-state index is 12.3. The number of hydrazone groups is 1. The van der Waals surface area contributed by atoms with Crippen molar-refractivity contribution in [3.63, 3.8) is 0 Å². The molecule has 1 heterocycles. The molecule has 4 nitrogen and oxygen atoms in total. The minimum absolute atomic E-state index is 0.274. The Hall–Kier alpha value is -2.04. The summed E-state index contributed by atoms with van der Waals surface area (Å²) in [4.78, 5) is 21.8. The third-order valence-corrected chi connectivity index (χ3v) is 2.00. The Balaban J connectivity index is 2.32. The van der Waals surface area contributed by atoms with Crippen LogP contribution in [0.5, 0.6) is 0 Å². The van der Waals surface area contributed by atoms with Crippen LogP contribution in [0.3, 0.4) is 0 Å². The molecule has 0 saturated carbocycles. The Kier molecular flexibility index (Phi) is 2.29. The van der Waals surface area contributed by atoms with Crippen LogP contribution in [-0.4, -0.2) is 17.7 Å². The highest BCUT2D eigenvalue weighted by atomic mass is 19.1. The molecule has 0 bridgehead atoms. The number of hydrogen-bond acceptors (Lipinski definition) is 3. The van der Waals surface area contributed by atoms with Crippen molar-refractivity contribution in [2.75, 3.05) is 5.01 Å². The van der Waals surface area contributed by atoms with Crippen LogP contribution in [0.2, 0.25) is 0 Å². The van der Waals surface area contributed by atoms with Crippen molar-refractivity contribution in [2.24, 2.45) is 5.10 Å². The van der Waals surface area contributed by atoms with Gasteiger partial charge in [0.25, 0.3) is 5.91 Å². The minimum atomic E-state index is -1.65. The van der Waals surface area contributed by atoms with Crippen molar-refractivity contribution >= 4 is 23.3 Å². The molecular formula is C10H7FN2O2. The second-order valence-corrected chi connectivity index (χ2v) is 3.04. The number of carbonyl (C=O) groups excluding carboxylic acids is 2. The molecule has 0 spiro atoms.